The molecule has 0 radical (unpaired) electrons. The van der Waals surface area contributed by atoms with Crippen LogP contribution >= 0.6 is 11.8 Å². The van der Waals surface area contributed by atoms with E-state index in [1.165, 1.54) is 0 Å². The number of anilines is 1. The lowest BCUT2D eigenvalue weighted by molar-refractivity contribution is -0.131. The van der Waals surface area contributed by atoms with E-state index in [-0.39, 0.29) is 0 Å². The number of aromatic nitrogens is 1. The lowest BCUT2D eigenvalue weighted by atomic mass is 10.2. The number of carboxylic acid groups (broad SMARTS) is 1. The Kier molecular flexibility index (Phi) is 4.47. The molecule has 102 valence electrons. The van der Waals surface area contributed by atoms with Crippen LogP contribution in [0.1, 0.15) is 19.4 Å². The third-order valence-corrected chi connectivity index (χ3v) is 4.16. The number of rotatable bonds is 3. The lowest BCUT2D eigenvalue weighted by Gasteiger charge is -2.35. The number of carbonyl (C=O) groups is 1. The van der Waals surface area contributed by atoms with E-state index < -0.39 is 5.97 Å². The van der Waals surface area contributed by atoms with Gasteiger partial charge in [0, 0.05) is 35.9 Å². The molecule has 0 saturated carbocycles. The Balaban J connectivity index is 2.07. The molecule has 2 heterocycles. The molecule has 1 fully saturated rings. The number of hydrogen-bond acceptors (Lipinski definition) is 4. The molecule has 0 aliphatic carbocycles. The van der Waals surface area contributed by atoms with E-state index in [2.05, 4.69) is 23.7 Å². The molecule has 1 aliphatic rings. The van der Waals surface area contributed by atoms with Crippen LogP contribution in [-0.2, 0) is 4.79 Å². The highest BCUT2D eigenvalue weighted by Crippen LogP contribution is 2.27. The van der Waals surface area contributed by atoms with Gasteiger partial charge < -0.3 is 10.0 Å². The molecule has 1 N–H and O–H groups in total. The molecule has 2 atom stereocenters. The topological polar surface area (TPSA) is 53.4 Å². The molecular formula is C14H18N2O2S. The van der Waals surface area contributed by atoms with Crippen molar-refractivity contribution in [3.05, 3.63) is 30.0 Å². The molecule has 5 heteroatoms. The molecule has 1 aromatic rings. The Morgan fingerprint density at radius 3 is 2.63 bits per heavy atom. The molecule has 19 heavy (non-hydrogen) atoms. The number of nitrogens with zero attached hydrogens (tertiary/aromatic N) is 2. The number of pyridine rings is 1. The van der Waals surface area contributed by atoms with Crippen LogP contribution in [0.25, 0.3) is 6.08 Å². The van der Waals surface area contributed by atoms with Crippen LogP contribution in [0.15, 0.2) is 24.4 Å². The zero-order valence-electron chi connectivity index (χ0n) is 11.1. The van der Waals surface area contributed by atoms with Gasteiger partial charge in [-0.1, -0.05) is 13.8 Å². The van der Waals surface area contributed by atoms with Gasteiger partial charge in [0.1, 0.15) is 5.82 Å². The maximum absolute atomic E-state index is 10.4. The highest BCUT2D eigenvalue weighted by Gasteiger charge is 2.22. The second kappa shape index (κ2) is 6.10. The van der Waals surface area contributed by atoms with Gasteiger partial charge in [-0.25, -0.2) is 9.78 Å². The van der Waals surface area contributed by atoms with Gasteiger partial charge in [-0.05, 0) is 23.8 Å². The standard InChI is InChI=1S/C14H18N2O2S/c1-10-8-16(9-11(2)19-10)13-5-3-12(7-15-13)4-6-14(17)18/h3-7,10-11H,8-9H2,1-2H3,(H,17,18)/b6-4+. The fourth-order valence-corrected chi connectivity index (χ4v) is 3.54. The van der Waals surface area contributed by atoms with Crippen molar-refractivity contribution in [2.24, 2.45) is 0 Å². The minimum Gasteiger partial charge on any atom is -0.478 e. The Morgan fingerprint density at radius 2 is 2.11 bits per heavy atom. The lowest BCUT2D eigenvalue weighted by Crippen LogP contribution is -2.40. The SMILES string of the molecule is CC1CN(c2ccc(/C=C/C(=O)O)cn2)CC(C)S1. The van der Waals surface area contributed by atoms with Crippen molar-refractivity contribution in [1.82, 2.24) is 4.98 Å². The fourth-order valence-electron chi connectivity index (χ4n) is 2.22. The van der Waals surface area contributed by atoms with Crippen LogP contribution < -0.4 is 4.90 Å². The predicted octanol–water partition coefficient (Wildman–Crippen LogP) is 2.51. The summed E-state index contributed by atoms with van der Waals surface area (Å²) in [5.74, 6) is 0.0197. The smallest absolute Gasteiger partial charge is 0.328 e. The number of thioether (sulfide) groups is 1. The van der Waals surface area contributed by atoms with Crippen molar-refractivity contribution in [2.45, 2.75) is 24.3 Å². The minimum absolute atomic E-state index is 0.608. The Morgan fingerprint density at radius 1 is 1.42 bits per heavy atom. The molecular weight excluding hydrogens is 260 g/mol. The molecule has 1 aromatic heterocycles. The van der Waals surface area contributed by atoms with Crippen molar-refractivity contribution in [3.8, 4) is 0 Å². The van der Waals surface area contributed by atoms with Gasteiger partial charge in [-0.15, -0.1) is 0 Å². The van der Waals surface area contributed by atoms with Crippen molar-refractivity contribution >= 4 is 29.6 Å². The summed E-state index contributed by atoms with van der Waals surface area (Å²) in [6.07, 6.45) is 4.39. The van der Waals surface area contributed by atoms with E-state index >= 15 is 0 Å². The molecule has 4 nitrogen and oxygen atoms in total. The molecule has 0 bridgehead atoms. The summed E-state index contributed by atoms with van der Waals surface area (Å²) in [7, 11) is 0. The highest BCUT2D eigenvalue weighted by atomic mass is 32.2. The largest absolute Gasteiger partial charge is 0.478 e. The van der Waals surface area contributed by atoms with Crippen molar-refractivity contribution in [1.29, 1.82) is 0 Å². The zero-order valence-corrected chi connectivity index (χ0v) is 11.9. The van der Waals surface area contributed by atoms with Crippen molar-refractivity contribution < 1.29 is 9.90 Å². The maximum atomic E-state index is 10.4. The normalized spacial score (nSPS) is 23.8. The Labute approximate surface area is 117 Å². The quantitative estimate of drug-likeness (QED) is 0.861. The van der Waals surface area contributed by atoms with E-state index in [1.54, 1.807) is 12.3 Å². The summed E-state index contributed by atoms with van der Waals surface area (Å²) >= 11 is 2.01. The summed E-state index contributed by atoms with van der Waals surface area (Å²) in [4.78, 5) is 17.2. The molecule has 0 amide bonds. The average molecular weight is 278 g/mol. The van der Waals surface area contributed by atoms with Gasteiger partial charge in [-0.2, -0.15) is 11.8 Å². The van der Waals surface area contributed by atoms with E-state index in [9.17, 15) is 4.79 Å². The molecule has 0 spiro atoms. The molecule has 1 aliphatic heterocycles. The first-order chi connectivity index (χ1) is 9.04. The van der Waals surface area contributed by atoms with Gasteiger partial charge >= 0.3 is 5.97 Å². The monoisotopic (exact) mass is 278 g/mol. The van der Waals surface area contributed by atoms with Crippen LogP contribution in [0.2, 0.25) is 0 Å². The number of carboxylic acids is 1. The maximum Gasteiger partial charge on any atom is 0.328 e. The second-order valence-corrected chi connectivity index (χ2v) is 6.67. The summed E-state index contributed by atoms with van der Waals surface area (Å²) < 4.78 is 0. The van der Waals surface area contributed by atoms with E-state index in [0.717, 1.165) is 30.5 Å². The van der Waals surface area contributed by atoms with Crippen molar-refractivity contribution in [2.75, 3.05) is 18.0 Å². The molecule has 2 unspecified atom stereocenters. The van der Waals surface area contributed by atoms with Crippen LogP contribution in [0.4, 0.5) is 5.82 Å². The third-order valence-electron chi connectivity index (χ3n) is 2.93. The number of aliphatic carboxylic acids is 1. The van der Waals surface area contributed by atoms with E-state index in [0.29, 0.717) is 10.5 Å². The second-order valence-electron chi connectivity index (χ2n) is 4.78. The summed E-state index contributed by atoms with van der Waals surface area (Å²) in [6, 6.07) is 3.86. The number of hydrogen-bond donors (Lipinski definition) is 1. The Hall–Kier alpha value is -1.49. The average Bonchev–Trinajstić information content (AvgIpc) is 2.36. The van der Waals surface area contributed by atoms with Crippen LogP contribution in [-0.4, -0.2) is 39.6 Å². The van der Waals surface area contributed by atoms with Crippen LogP contribution in [0.5, 0.6) is 0 Å². The van der Waals surface area contributed by atoms with Crippen LogP contribution in [0.3, 0.4) is 0 Å². The summed E-state index contributed by atoms with van der Waals surface area (Å²) in [5.41, 5.74) is 0.804. The first-order valence-corrected chi connectivity index (χ1v) is 7.26. The van der Waals surface area contributed by atoms with Gasteiger partial charge in [0.15, 0.2) is 0 Å². The van der Waals surface area contributed by atoms with Crippen LogP contribution in [0, 0.1) is 0 Å². The highest BCUT2D eigenvalue weighted by molar-refractivity contribution is 8.00. The van der Waals surface area contributed by atoms with Gasteiger partial charge in [0.25, 0.3) is 0 Å². The van der Waals surface area contributed by atoms with Gasteiger partial charge in [0.05, 0.1) is 0 Å². The third kappa shape index (κ3) is 3.99. The summed E-state index contributed by atoms with van der Waals surface area (Å²) in [5, 5.41) is 9.79. The van der Waals surface area contributed by atoms with E-state index in [4.69, 9.17) is 5.11 Å². The minimum atomic E-state index is -0.945. The fraction of sp³-hybridized carbons (Fsp3) is 0.429. The zero-order chi connectivity index (χ0) is 13.8. The van der Waals surface area contributed by atoms with E-state index in [1.807, 2.05) is 23.9 Å². The van der Waals surface area contributed by atoms with Gasteiger partial charge in [0.2, 0.25) is 0 Å². The van der Waals surface area contributed by atoms with Gasteiger partial charge in [-0.3, -0.25) is 0 Å². The molecule has 1 saturated heterocycles. The summed E-state index contributed by atoms with van der Waals surface area (Å²) in [6.45, 7) is 6.48. The molecule has 0 aromatic carbocycles. The Bertz CT molecular complexity index is 463. The first-order valence-electron chi connectivity index (χ1n) is 6.32. The predicted molar refractivity (Wildman–Crippen MR) is 79.6 cm³/mol. The van der Waals surface area contributed by atoms with Crippen molar-refractivity contribution in [3.63, 3.8) is 0 Å². The molecule has 2 rings (SSSR count). The first kappa shape index (κ1) is 13.9.